The molecule has 132 valence electrons. The zero-order valence-electron chi connectivity index (χ0n) is 14.5. The summed E-state index contributed by atoms with van der Waals surface area (Å²) < 4.78 is 1.77. The van der Waals surface area contributed by atoms with E-state index in [2.05, 4.69) is 16.5 Å². The Morgan fingerprint density at radius 1 is 1.32 bits per heavy atom. The average Bonchev–Trinajstić information content (AvgIpc) is 2.95. The number of carbonyl (C=O) groups excluding carboxylic acids is 2. The predicted molar refractivity (Wildman–Crippen MR) is 94.5 cm³/mol. The molecule has 1 aromatic carbocycles. The zero-order valence-corrected chi connectivity index (χ0v) is 14.5. The first-order valence-corrected chi connectivity index (χ1v) is 8.38. The molecule has 2 amide bonds. The molecule has 7 heteroatoms. The van der Waals surface area contributed by atoms with E-state index >= 15 is 0 Å². The molecular weight excluding hydrogens is 318 g/mol. The fraction of sp³-hybridized carbons (Fsp3) is 0.444. The van der Waals surface area contributed by atoms with E-state index in [0.717, 1.165) is 23.7 Å². The van der Waals surface area contributed by atoms with Crippen LogP contribution >= 0.6 is 0 Å². The minimum absolute atomic E-state index is 0.110. The normalized spacial score (nSPS) is 12.1. The Labute approximate surface area is 146 Å². The second kappa shape index (κ2) is 8.29. The van der Waals surface area contributed by atoms with Crippen molar-refractivity contribution in [2.45, 2.75) is 45.7 Å². The molecule has 0 aliphatic carbocycles. The maximum Gasteiger partial charge on any atom is 0.273 e. The fourth-order valence-electron chi connectivity index (χ4n) is 2.71. The van der Waals surface area contributed by atoms with Crippen molar-refractivity contribution in [2.75, 3.05) is 0 Å². The van der Waals surface area contributed by atoms with Gasteiger partial charge in [0.05, 0.1) is 11.6 Å². The highest BCUT2D eigenvalue weighted by molar-refractivity contribution is 6.06. The van der Waals surface area contributed by atoms with Crippen LogP contribution in [0.5, 0.6) is 0 Å². The minimum Gasteiger partial charge on any atom is -0.368 e. The van der Waals surface area contributed by atoms with E-state index in [-0.39, 0.29) is 11.6 Å². The highest BCUT2D eigenvalue weighted by atomic mass is 16.2. The molecule has 7 nitrogen and oxygen atoms in total. The third-order valence-electron chi connectivity index (χ3n) is 4.04. The summed E-state index contributed by atoms with van der Waals surface area (Å²) in [6.45, 7) is 4.27. The minimum atomic E-state index is -0.743. The number of carbonyl (C=O) groups is 2. The molecular formula is C18H23N5O2. The lowest BCUT2D eigenvalue weighted by molar-refractivity contribution is -0.120. The van der Waals surface area contributed by atoms with Gasteiger partial charge in [-0.25, -0.2) is 0 Å². The van der Waals surface area contributed by atoms with Crippen molar-refractivity contribution in [3.05, 3.63) is 30.0 Å². The van der Waals surface area contributed by atoms with Crippen LogP contribution in [0.25, 0.3) is 10.9 Å². The Hall–Kier alpha value is -2.88. The van der Waals surface area contributed by atoms with Crippen molar-refractivity contribution in [1.82, 2.24) is 15.1 Å². The third-order valence-corrected chi connectivity index (χ3v) is 4.04. The number of nitrogens with one attached hydrogen (secondary N) is 1. The molecule has 1 aromatic heterocycles. The molecule has 0 spiro atoms. The van der Waals surface area contributed by atoms with Gasteiger partial charge in [0.15, 0.2) is 5.69 Å². The Morgan fingerprint density at radius 3 is 2.68 bits per heavy atom. The standard InChI is InChI=1S/C18H23N5O2/c1-12(2)15(17(20)24)21-18(25)16-13-8-4-5-9-14(13)23(22-16)11-7-3-6-10-19/h4-5,8-9,12,15H,3,6-7,11H2,1-2H3,(H2,20,24)(H,21,25)/t15-/m0/s1. The third kappa shape index (κ3) is 4.35. The van der Waals surface area contributed by atoms with Crippen molar-refractivity contribution >= 4 is 22.7 Å². The average molecular weight is 341 g/mol. The number of nitriles is 1. The van der Waals surface area contributed by atoms with E-state index < -0.39 is 17.9 Å². The van der Waals surface area contributed by atoms with Crippen LogP contribution in [0.1, 0.15) is 43.6 Å². The number of fused-ring (bicyclic) bond motifs is 1. The van der Waals surface area contributed by atoms with Gasteiger partial charge in [0.2, 0.25) is 5.91 Å². The summed E-state index contributed by atoms with van der Waals surface area (Å²) >= 11 is 0. The van der Waals surface area contributed by atoms with E-state index in [4.69, 9.17) is 11.0 Å². The maximum absolute atomic E-state index is 12.6. The van der Waals surface area contributed by atoms with Crippen molar-refractivity contribution < 1.29 is 9.59 Å². The summed E-state index contributed by atoms with van der Waals surface area (Å²) in [5, 5.41) is 16.5. The molecule has 2 aromatic rings. The predicted octanol–water partition coefficient (Wildman–Crippen LogP) is 1.97. The van der Waals surface area contributed by atoms with Crippen molar-refractivity contribution in [3.63, 3.8) is 0 Å². The van der Waals surface area contributed by atoms with Gasteiger partial charge in [-0.15, -0.1) is 0 Å². The Balaban J connectivity index is 2.27. The molecule has 0 fully saturated rings. The van der Waals surface area contributed by atoms with E-state index in [9.17, 15) is 9.59 Å². The van der Waals surface area contributed by atoms with Gasteiger partial charge in [-0.05, 0) is 24.8 Å². The van der Waals surface area contributed by atoms with Crippen LogP contribution in [0.15, 0.2) is 24.3 Å². The summed E-state index contributed by atoms with van der Waals surface area (Å²) in [4.78, 5) is 24.2. The van der Waals surface area contributed by atoms with Crippen molar-refractivity contribution in [3.8, 4) is 6.07 Å². The molecule has 2 rings (SSSR count). The van der Waals surface area contributed by atoms with Crippen molar-refractivity contribution in [2.24, 2.45) is 11.7 Å². The molecule has 0 saturated heterocycles. The smallest absolute Gasteiger partial charge is 0.273 e. The molecule has 0 radical (unpaired) electrons. The molecule has 3 N–H and O–H groups in total. The van der Waals surface area contributed by atoms with Crippen LogP contribution in [0.3, 0.4) is 0 Å². The van der Waals surface area contributed by atoms with Crippen LogP contribution in [0.4, 0.5) is 0 Å². The molecule has 1 atom stereocenters. The number of primary amides is 1. The summed E-state index contributed by atoms with van der Waals surface area (Å²) in [5.41, 5.74) is 6.50. The van der Waals surface area contributed by atoms with Gasteiger partial charge in [0, 0.05) is 18.4 Å². The molecule has 1 heterocycles. The maximum atomic E-state index is 12.6. The Bertz CT molecular complexity index is 803. The molecule has 0 aliphatic heterocycles. The number of aryl methyl sites for hydroxylation is 1. The molecule has 0 aliphatic rings. The molecule has 0 unspecified atom stereocenters. The van der Waals surface area contributed by atoms with Crippen LogP contribution < -0.4 is 11.1 Å². The monoisotopic (exact) mass is 341 g/mol. The lowest BCUT2D eigenvalue weighted by atomic mass is 10.0. The summed E-state index contributed by atoms with van der Waals surface area (Å²) in [5.74, 6) is -1.09. The van der Waals surface area contributed by atoms with Gasteiger partial charge in [-0.3, -0.25) is 14.3 Å². The van der Waals surface area contributed by atoms with Gasteiger partial charge < -0.3 is 11.1 Å². The topological polar surface area (TPSA) is 114 Å². The van der Waals surface area contributed by atoms with Crippen LogP contribution in [0, 0.1) is 17.2 Å². The highest BCUT2D eigenvalue weighted by Gasteiger charge is 2.25. The van der Waals surface area contributed by atoms with E-state index in [1.807, 2.05) is 38.1 Å². The van der Waals surface area contributed by atoms with E-state index in [1.165, 1.54) is 0 Å². The Morgan fingerprint density at radius 2 is 2.04 bits per heavy atom. The van der Waals surface area contributed by atoms with Gasteiger partial charge in [0.1, 0.15) is 6.04 Å². The number of unbranched alkanes of at least 4 members (excludes halogenated alkanes) is 2. The van der Waals surface area contributed by atoms with Crippen LogP contribution in [0.2, 0.25) is 0 Å². The van der Waals surface area contributed by atoms with Gasteiger partial charge in [-0.2, -0.15) is 10.4 Å². The first kappa shape index (κ1) is 18.5. The van der Waals surface area contributed by atoms with Crippen LogP contribution in [-0.2, 0) is 11.3 Å². The SMILES string of the molecule is CC(C)[C@H](NC(=O)c1nn(CCCCC#N)c2ccccc12)C(N)=O. The number of aromatic nitrogens is 2. The highest BCUT2D eigenvalue weighted by Crippen LogP contribution is 2.19. The van der Waals surface area contributed by atoms with Gasteiger partial charge in [-0.1, -0.05) is 32.0 Å². The van der Waals surface area contributed by atoms with Crippen molar-refractivity contribution in [1.29, 1.82) is 5.26 Å². The van der Waals surface area contributed by atoms with Crippen LogP contribution in [-0.4, -0.2) is 27.6 Å². The van der Waals surface area contributed by atoms with Gasteiger partial charge in [0.25, 0.3) is 5.91 Å². The lowest BCUT2D eigenvalue weighted by Gasteiger charge is -2.18. The van der Waals surface area contributed by atoms with Gasteiger partial charge >= 0.3 is 0 Å². The summed E-state index contributed by atoms with van der Waals surface area (Å²) in [6, 6.07) is 8.84. The number of nitrogens with zero attached hydrogens (tertiary/aromatic N) is 3. The number of para-hydroxylation sites is 1. The Kier molecular flexibility index (Phi) is 6.12. The first-order chi connectivity index (χ1) is 12.0. The number of hydrogen-bond acceptors (Lipinski definition) is 4. The number of nitrogens with two attached hydrogens (primary N) is 1. The second-order valence-corrected chi connectivity index (χ2v) is 6.30. The number of benzene rings is 1. The largest absolute Gasteiger partial charge is 0.368 e. The van der Waals surface area contributed by atoms with E-state index in [0.29, 0.717) is 13.0 Å². The first-order valence-electron chi connectivity index (χ1n) is 8.38. The molecule has 0 saturated carbocycles. The summed E-state index contributed by atoms with van der Waals surface area (Å²) in [7, 11) is 0. The molecule has 25 heavy (non-hydrogen) atoms. The molecule has 0 bridgehead atoms. The number of amides is 2. The second-order valence-electron chi connectivity index (χ2n) is 6.30. The number of hydrogen-bond donors (Lipinski definition) is 2. The summed E-state index contributed by atoms with van der Waals surface area (Å²) in [6.07, 6.45) is 2.08. The fourth-order valence-corrected chi connectivity index (χ4v) is 2.71. The zero-order chi connectivity index (χ0) is 18.4. The lowest BCUT2D eigenvalue weighted by Crippen LogP contribution is -2.47. The van der Waals surface area contributed by atoms with E-state index in [1.54, 1.807) is 4.68 Å². The number of rotatable bonds is 8. The quantitative estimate of drug-likeness (QED) is 0.714.